The zero-order valence-corrected chi connectivity index (χ0v) is 11.2. The molecule has 1 aliphatic heterocycles. The highest BCUT2D eigenvalue weighted by Gasteiger charge is 2.35. The number of hydrogen-bond donors (Lipinski definition) is 1. The fraction of sp³-hybridized carbons (Fsp3) is 0.625. The lowest BCUT2D eigenvalue weighted by Gasteiger charge is -2.45. The van der Waals surface area contributed by atoms with Gasteiger partial charge in [-0.25, -0.2) is 0 Å². The minimum absolute atomic E-state index is 0.424. The number of likely N-dealkylation sites (tertiary alicyclic amines) is 1. The number of phenolic OH excluding ortho intramolecular Hbond substituents is 1. The molecular formula is C16H23NO. The van der Waals surface area contributed by atoms with Gasteiger partial charge in [0.1, 0.15) is 5.75 Å². The summed E-state index contributed by atoms with van der Waals surface area (Å²) in [5.41, 5.74) is 2.89. The molecule has 0 amide bonds. The van der Waals surface area contributed by atoms with Crippen molar-refractivity contribution in [2.45, 2.75) is 51.0 Å². The van der Waals surface area contributed by atoms with E-state index in [1.807, 2.05) is 12.1 Å². The van der Waals surface area contributed by atoms with Crippen molar-refractivity contribution < 1.29 is 5.11 Å². The maximum Gasteiger partial charge on any atom is 0.115 e. The summed E-state index contributed by atoms with van der Waals surface area (Å²) in [5.74, 6) is 1.13. The Morgan fingerprint density at radius 2 is 2.22 bits per heavy atom. The third-order valence-corrected chi connectivity index (χ3v) is 4.64. The van der Waals surface area contributed by atoms with Crippen LogP contribution in [0.25, 0.3) is 0 Å². The highest BCUT2D eigenvalue weighted by atomic mass is 16.3. The molecule has 0 aromatic heterocycles. The Morgan fingerprint density at radius 3 is 3.06 bits per heavy atom. The van der Waals surface area contributed by atoms with Gasteiger partial charge in [0.15, 0.2) is 0 Å². The SMILES string of the molecule is CCCN1CCC[C@H]2c3ccc(O)cc3CC[C@@H]21. The Hall–Kier alpha value is -1.02. The monoisotopic (exact) mass is 245 g/mol. The molecule has 1 aromatic rings. The van der Waals surface area contributed by atoms with E-state index in [-0.39, 0.29) is 0 Å². The maximum atomic E-state index is 9.61. The summed E-state index contributed by atoms with van der Waals surface area (Å²) < 4.78 is 0. The van der Waals surface area contributed by atoms with Crippen LogP contribution in [0.15, 0.2) is 18.2 Å². The van der Waals surface area contributed by atoms with Crippen molar-refractivity contribution in [2.75, 3.05) is 13.1 Å². The summed E-state index contributed by atoms with van der Waals surface area (Å²) in [6.45, 7) is 4.80. The molecule has 98 valence electrons. The third kappa shape index (κ3) is 2.03. The maximum absolute atomic E-state index is 9.61. The summed E-state index contributed by atoms with van der Waals surface area (Å²) >= 11 is 0. The van der Waals surface area contributed by atoms with Crippen LogP contribution in [0.3, 0.4) is 0 Å². The third-order valence-electron chi connectivity index (χ3n) is 4.64. The van der Waals surface area contributed by atoms with Crippen molar-refractivity contribution in [3.05, 3.63) is 29.3 Å². The fourth-order valence-corrected chi connectivity index (χ4v) is 3.91. The molecule has 18 heavy (non-hydrogen) atoms. The van der Waals surface area contributed by atoms with Gasteiger partial charge in [-0.3, -0.25) is 4.90 Å². The Labute approximate surface area is 110 Å². The molecule has 0 bridgehead atoms. The van der Waals surface area contributed by atoms with E-state index in [1.165, 1.54) is 49.9 Å². The molecule has 1 heterocycles. The van der Waals surface area contributed by atoms with E-state index in [2.05, 4.69) is 17.9 Å². The molecule has 1 fully saturated rings. The van der Waals surface area contributed by atoms with Crippen LogP contribution in [0.4, 0.5) is 0 Å². The van der Waals surface area contributed by atoms with Crippen LogP contribution in [-0.2, 0) is 6.42 Å². The molecule has 0 saturated carbocycles. The molecule has 2 aliphatic rings. The van der Waals surface area contributed by atoms with Crippen LogP contribution in [0.2, 0.25) is 0 Å². The molecule has 1 saturated heterocycles. The second kappa shape index (κ2) is 4.93. The molecule has 3 rings (SSSR count). The van der Waals surface area contributed by atoms with E-state index in [0.717, 1.165) is 12.5 Å². The Morgan fingerprint density at radius 1 is 1.33 bits per heavy atom. The van der Waals surface area contributed by atoms with Gasteiger partial charge in [-0.05, 0) is 74.4 Å². The number of rotatable bonds is 2. The van der Waals surface area contributed by atoms with Crippen molar-refractivity contribution in [3.8, 4) is 5.75 Å². The Balaban J connectivity index is 1.89. The largest absolute Gasteiger partial charge is 0.508 e. The zero-order valence-electron chi connectivity index (χ0n) is 11.2. The Bertz CT molecular complexity index is 427. The minimum atomic E-state index is 0.424. The van der Waals surface area contributed by atoms with Crippen LogP contribution < -0.4 is 0 Å². The second-order valence-corrected chi connectivity index (χ2v) is 5.77. The van der Waals surface area contributed by atoms with E-state index in [4.69, 9.17) is 0 Å². The molecule has 2 heteroatoms. The minimum Gasteiger partial charge on any atom is -0.508 e. The number of hydrogen-bond acceptors (Lipinski definition) is 2. The standard InChI is InChI=1S/C16H23NO/c1-2-9-17-10-3-4-15-14-7-6-13(18)11-12(14)5-8-16(15)17/h6-7,11,15-16,18H,2-5,8-10H2,1H3/t15-,16-/m0/s1. The fourth-order valence-electron chi connectivity index (χ4n) is 3.91. The van der Waals surface area contributed by atoms with Gasteiger partial charge in [-0.2, -0.15) is 0 Å². The van der Waals surface area contributed by atoms with Crippen molar-refractivity contribution in [3.63, 3.8) is 0 Å². The average molecular weight is 245 g/mol. The van der Waals surface area contributed by atoms with Gasteiger partial charge in [0.2, 0.25) is 0 Å². The Kier molecular flexibility index (Phi) is 3.29. The molecule has 2 atom stereocenters. The smallest absolute Gasteiger partial charge is 0.115 e. The van der Waals surface area contributed by atoms with E-state index in [9.17, 15) is 5.11 Å². The second-order valence-electron chi connectivity index (χ2n) is 5.77. The molecule has 1 N–H and O–H groups in total. The summed E-state index contributed by atoms with van der Waals surface area (Å²) in [6.07, 6.45) is 6.29. The predicted molar refractivity (Wildman–Crippen MR) is 74.1 cm³/mol. The first-order valence-electron chi connectivity index (χ1n) is 7.35. The van der Waals surface area contributed by atoms with Crippen molar-refractivity contribution in [2.24, 2.45) is 0 Å². The highest BCUT2D eigenvalue weighted by Crippen LogP contribution is 2.41. The van der Waals surface area contributed by atoms with E-state index < -0.39 is 0 Å². The number of aromatic hydroxyl groups is 1. The normalized spacial score (nSPS) is 27.6. The quantitative estimate of drug-likeness (QED) is 0.864. The summed E-state index contributed by atoms with van der Waals surface area (Å²) in [5, 5.41) is 9.61. The zero-order chi connectivity index (χ0) is 12.5. The van der Waals surface area contributed by atoms with Gasteiger partial charge >= 0.3 is 0 Å². The lowest BCUT2D eigenvalue weighted by atomic mass is 9.74. The summed E-state index contributed by atoms with van der Waals surface area (Å²) in [4.78, 5) is 2.70. The van der Waals surface area contributed by atoms with Crippen molar-refractivity contribution in [1.29, 1.82) is 0 Å². The number of fused-ring (bicyclic) bond motifs is 3. The van der Waals surface area contributed by atoms with Crippen LogP contribution in [0.5, 0.6) is 5.75 Å². The molecule has 2 nitrogen and oxygen atoms in total. The molecule has 1 aromatic carbocycles. The molecular weight excluding hydrogens is 222 g/mol. The lowest BCUT2D eigenvalue weighted by Crippen LogP contribution is -2.46. The van der Waals surface area contributed by atoms with Crippen LogP contribution in [0.1, 0.15) is 49.7 Å². The lowest BCUT2D eigenvalue weighted by molar-refractivity contribution is 0.112. The van der Waals surface area contributed by atoms with Crippen LogP contribution in [0, 0.1) is 0 Å². The van der Waals surface area contributed by atoms with Gasteiger partial charge in [0.25, 0.3) is 0 Å². The van der Waals surface area contributed by atoms with Crippen LogP contribution in [-0.4, -0.2) is 29.1 Å². The molecule has 0 radical (unpaired) electrons. The van der Waals surface area contributed by atoms with E-state index in [0.29, 0.717) is 11.7 Å². The van der Waals surface area contributed by atoms with Gasteiger partial charge in [-0.15, -0.1) is 0 Å². The van der Waals surface area contributed by atoms with Gasteiger partial charge < -0.3 is 5.11 Å². The molecule has 1 aliphatic carbocycles. The molecule has 0 spiro atoms. The number of piperidine rings is 1. The predicted octanol–water partition coefficient (Wildman–Crippen LogP) is 3.30. The van der Waals surface area contributed by atoms with Crippen molar-refractivity contribution >= 4 is 0 Å². The van der Waals surface area contributed by atoms with E-state index >= 15 is 0 Å². The van der Waals surface area contributed by atoms with Gasteiger partial charge in [-0.1, -0.05) is 13.0 Å². The van der Waals surface area contributed by atoms with Crippen LogP contribution >= 0.6 is 0 Å². The number of benzene rings is 1. The highest BCUT2D eigenvalue weighted by molar-refractivity contribution is 5.40. The summed E-state index contributed by atoms with van der Waals surface area (Å²) in [6, 6.07) is 6.75. The van der Waals surface area contributed by atoms with E-state index in [1.54, 1.807) is 0 Å². The first-order chi connectivity index (χ1) is 8.79. The number of nitrogens with zero attached hydrogens (tertiary/aromatic N) is 1. The first kappa shape index (κ1) is 12.0. The number of phenols is 1. The van der Waals surface area contributed by atoms with Gasteiger partial charge in [0, 0.05) is 6.04 Å². The number of aryl methyl sites for hydroxylation is 1. The van der Waals surface area contributed by atoms with Crippen molar-refractivity contribution in [1.82, 2.24) is 4.90 Å². The van der Waals surface area contributed by atoms with Gasteiger partial charge in [0.05, 0.1) is 0 Å². The average Bonchev–Trinajstić information content (AvgIpc) is 2.38. The molecule has 0 unspecified atom stereocenters. The summed E-state index contributed by atoms with van der Waals surface area (Å²) in [7, 11) is 0. The first-order valence-corrected chi connectivity index (χ1v) is 7.35. The topological polar surface area (TPSA) is 23.5 Å².